The van der Waals surface area contributed by atoms with Crippen LogP contribution in [0.1, 0.15) is 42.5 Å². The van der Waals surface area contributed by atoms with Gasteiger partial charge in [-0.15, -0.1) is 0 Å². The fraction of sp³-hybridized carbons (Fsp3) is 0.474. The van der Waals surface area contributed by atoms with Crippen molar-refractivity contribution in [2.75, 3.05) is 21.9 Å². The van der Waals surface area contributed by atoms with Gasteiger partial charge in [0.2, 0.25) is 10.0 Å². The third-order valence-corrected chi connectivity index (χ3v) is 7.03. The van der Waals surface area contributed by atoms with Gasteiger partial charge < -0.3 is 5.32 Å². The molecule has 2 aliphatic rings. The molecule has 0 saturated carbocycles. The highest BCUT2D eigenvalue weighted by Gasteiger charge is 2.28. The Morgan fingerprint density at radius 2 is 1.81 bits per heavy atom. The van der Waals surface area contributed by atoms with Crippen molar-refractivity contribution in [3.05, 3.63) is 47.4 Å². The van der Waals surface area contributed by atoms with Crippen molar-refractivity contribution in [2.45, 2.75) is 45.1 Å². The Morgan fingerprint density at radius 1 is 1.00 bits per heavy atom. The molecule has 0 amide bonds. The first-order valence-electron chi connectivity index (χ1n) is 9.29. The van der Waals surface area contributed by atoms with Gasteiger partial charge in [0.25, 0.3) is 0 Å². The molecule has 1 aliphatic heterocycles. The molecule has 1 fully saturated rings. The molecule has 0 bridgehead atoms. The number of aryl methyl sites for hydroxylation is 1. The number of hydrogen-bond donors (Lipinski definition) is 1. The van der Waals surface area contributed by atoms with Crippen molar-refractivity contribution in [1.29, 1.82) is 0 Å². The summed E-state index contributed by atoms with van der Waals surface area (Å²) in [4.78, 5) is 8.89. The van der Waals surface area contributed by atoms with Gasteiger partial charge in [-0.25, -0.2) is 18.4 Å². The largest absolute Gasteiger partial charge is 0.366 e. The molecule has 0 radical (unpaired) electrons. The van der Waals surface area contributed by atoms with Crippen LogP contribution in [0.2, 0.25) is 0 Å². The maximum Gasteiger partial charge on any atom is 0.235 e. The zero-order valence-electron chi connectivity index (χ0n) is 14.8. The molecule has 2 aromatic rings. The smallest absolute Gasteiger partial charge is 0.235 e. The van der Waals surface area contributed by atoms with Crippen LogP contribution in [0.5, 0.6) is 0 Å². The van der Waals surface area contributed by atoms with E-state index in [2.05, 4.69) is 15.3 Å². The molecule has 1 N–H and O–H groups in total. The first-order chi connectivity index (χ1) is 12.6. The van der Waals surface area contributed by atoms with Crippen LogP contribution in [-0.4, -0.2) is 30.7 Å². The number of fused-ring (bicyclic) bond motifs is 1. The molecule has 0 spiro atoms. The molecular formula is C19H24N4O2S. The summed E-state index contributed by atoms with van der Waals surface area (Å²) in [6.45, 7) is 1.24. The van der Waals surface area contributed by atoms with E-state index in [0.29, 0.717) is 19.5 Å². The minimum atomic E-state index is -3.12. The Labute approximate surface area is 154 Å². The van der Waals surface area contributed by atoms with Crippen molar-refractivity contribution < 1.29 is 8.42 Å². The van der Waals surface area contributed by atoms with Crippen LogP contribution in [0, 0.1) is 0 Å². The van der Waals surface area contributed by atoms with Gasteiger partial charge in [-0.05, 0) is 49.8 Å². The van der Waals surface area contributed by atoms with E-state index in [1.165, 1.54) is 34.8 Å². The highest BCUT2D eigenvalue weighted by molar-refractivity contribution is 7.93. The molecule has 0 unspecified atom stereocenters. The lowest BCUT2D eigenvalue weighted by Crippen LogP contribution is -2.24. The van der Waals surface area contributed by atoms with E-state index >= 15 is 0 Å². The summed E-state index contributed by atoms with van der Waals surface area (Å²) in [5.41, 5.74) is 4.29. The van der Waals surface area contributed by atoms with E-state index in [1.807, 2.05) is 24.3 Å². The molecule has 1 saturated heterocycles. The van der Waals surface area contributed by atoms with Gasteiger partial charge in [0, 0.05) is 24.3 Å². The second-order valence-corrected chi connectivity index (χ2v) is 8.98. The molecule has 4 rings (SSSR count). The quantitative estimate of drug-likeness (QED) is 0.835. The van der Waals surface area contributed by atoms with E-state index in [0.717, 1.165) is 29.9 Å². The summed E-state index contributed by atoms with van der Waals surface area (Å²) in [6.07, 6.45) is 8.04. The summed E-state index contributed by atoms with van der Waals surface area (Å²) >= 11 is 0. The molecule has 1 aliphatic carbocycles. The number of nitrogens with zero attached hydrogens (tertiary/aromatic N) is 3. The Balaban J connectivity index is 1.46. The van der Waals surface area contributed by atoms with Crippen molar-refractivity contribution in [1.82, 2.24) is 9.97 Å². The molecule has 26 heavy (non-hydrogen) atoms. The SMILES string of the molecule is O=S1(=O)CCCN1c1ccc(CNc2ncnc3c2CCCCC3)cc1. The average Bonchev–Trinajstić information content (AvgIpc) is 2.84. The lowest BCUT2D eigenvalue weighted by atomic mass is 10.1. The third-order valence-electron chi connectivity index (χ3n) is 5.16. The Kier molecular flexibility index (Phi) is 4.80. The summed E-state index contributed by atoms with van der Waals surface area (Å²) in [5, 5.41) is 3.44. The number of aromatic nitrogens is 2. The number of nitrogens with one attached hydrogen (secondary N) is 1. The van der Waals surface area contributed by atoms with Gasteiger partial charge >= 0.3 is 0 Å². The van der Waals surface area contributed by atoms with Crippen LogP contribution in [0.25, 0.3) is 0 Å². The van der Waals surface area contributed by atoms with Crippen LogP contribution in [0.15, 0.2) is 30.6 Å². The van der Waals surface area contributed by atoms with Crippen LogP contribution in [0.4, 0.5) is 11.5 Å². The topological polar surface area (TPSA) is 75.2 Å². The Bertz CT molecular complexity index is 881. The second-order valence-electron chi connectivity index (χ2n) is 6.97. The molecule has 6 nitrogen and oxygen atoms in total. The minimum Gasteiger partial charge on any atom is -0.366 e. The third kappa shape index (κ3) is 3.53. The highest BCUT2D eigenvalue weighted by atomic mass is 32.2. The van der Waals surface area contributed by atoms with Crippen LogP contribution in [0.3, 0.4) is 0 Å². The predicted octanol–water partition coefficient (Wildman–Crippen LogP) is 2.90. The standard InChI is InChI=1S/C19H24N4O2S/c24-26(25)12-4-11-23(26)16-9-7-15(8-10-16)13-20-19-17-5-2-1-3-6-18(17)21-14-22-19/h7-10,14H,1-6,11-13H2,(H,20,21,22). The normalized spacial score (nSPS) is 19.0. The number of sulfonamides is 1. The number of benzene rings is 1. The number of rotatable bonds is 4. The van der Waals surface area contributed by atoms with Gasteiger partial charge in [0.15, 0.2) is 0 Å². The van der Waals surface area contributed by atoms with Gasteiger partial charge in [0.1, 0.15) is 12.1 Å². The molecular weight excluding hydrogens is 348 g/mol. The summed E-state index contributed by atoms with van der Waals surface area (Å²) in [5.74, 6) is 1.18. The van der Waals surface area contributed by atoms with E-state index in [-0.39, 0.29) is 5.75 Å². The van der Waals surface area contributed by atoms with E-state index in [9.17, 15) is 8.42 Å². The van der Waals surface area contributed by atoms with E-state index in [1.54, 1.807) is 6.33 Å². The maximum absolute atomic E-state index is 12.0. The summed E-state index contributed by atoms with van der Waals surface area (Å²) in [6, 6.07) is 7.74. The summed E-state index contributed by atoms with van der Waals surface area (Å²) in [7, 11) is -3.12. The van der Waals surface area contributed by atoms with Crippen molar-refractivity contribution in [2.24, 2.45) is 0 Å². The summed E-state index contributed by atoms with van der Waals surface area (Å²) < 4.78 is 25.6. The second kappa shape index (κ2) is 7.23. The zero-order valence-corrected chi connectivity index (χ0v) is 15.6. The van der Waals surface area contributed by atoms with Gasteiger partial charge in [-0.3, -0.25) is 4.31 Å². The first kappa shape index (κ1) is 17.3. The molecule has 2 heterocycles. The minimum absolute atomic E-state index is 0.245. The fourth-order valence-electron chi connectivity index (χ4n) is 3.75. The average molecular weight is 372 g/mol. The van der Waals surface area contributed by atoms with Crippen LogP contribution < -0.4 is 9.62 Å². The van der Waals surface area contributed by atoms with Crippen molar-refractivity contribution in [3.8, 4) is 0 Å². The molecule has 138 valence electrons. The molecule has 1 aromatic heterocycles. The van der Waals surface area contributed by atoms with E-state index < -0.39 is 10.0 Å². The van der Waals surface area contributed by atoms with E-state index in [4.69, 9.17) is 0 Å². The molecule has 1 aromatic carbocycles. The van der Waals surface area contributed by atoms with Crippen molar-refractivity contribution in [3.63, 3.8) is 0 Å². The maximum atomic E-state index is 12.0. The monoisotopic (exact) mass is 372 g/mol. The lowest BCUT2D eigenvalue weighted by molar-refractivity contribution is 0.599. The van der Waals surface area contributed by atoms with Gasteiger partial charge in [0.05, 0.1) is 11.4 Å². The first-order valence-corrected chi connectivity index (χ1v) is 10.9. The van der Waals surface area contributed by atoms with Gasteiger partial charge in [-0.1, -0.05) is 18.6 Å². The number of hydrogen-bond acceptors (Lipinski definition) is 5. The molecule has 7 heteroatoms. The molecule has 0 atom stereocenters. The Hall–Kier alpha value is -2.15. The number of anilines is 2. The lowest BCUT2D eigenvalue weighted by Gasteiger charge is -2.17. The van der Waals surface area contributed by atoms with Crippen LogP contribution in [-0.2, 0) is 29.4 Å². The van der Waals surface area contributed by atoms with Crippen molar-refractivity contribution >= 4 is 21.5 Å². The highest BCUT2D eigenvalue weighted by Crippen LogP contribution is 2.26. The van der Waals surface area contributed by atoms with Gasteiger partial charge in [-0.2, -0.15) is 0 Å². The zero-order chi connectivity index (χ0) is 18.0. The fourth-order valence-corrected chi connectivity index (χ4v) is 5.31. The predicted molar refractivity (Wildman–Crippen MR) is 103 cm³/mol. The Morgan fingerprint density at radius 3 is 2.58 bits per heavy atom. The van der Waals surface area contributed by atoms with Crippen LogP contribution >= 0.6 is 0 Å².